The van der Waals surface area contributed by atoms with Crippen molar-refractivity contribution in [2.45, 2.75) is 45.7 Å². The molecule has 3 rings (SSSR count). The molecular weight excluding hydrogens is 372 g/mol. The number of rotatable bonds is 8. The molecule has 0 fully saturated rings. The lowest BCUT2D eigenvalue weighted by Gasteiger charge is -2.20. The normalized spacial score (nSPS) is 13.6. The molecule has 0 radical (unpaired) electrons. The van der Waals surface area contributed by atoms with Gasteiger partial charge in [-0.1, -0.05) is 49.4 Å². The molecule has 0 aliphatic carbocycles. The molecule has 28 heavy (non-hydrogen) atoms. The van der Waals surface area contributed by atoms with Crippen LogP contribution >= 0.6 is 12.4 Å². The molecule has 1 aromatic carbocycles. The first-order valence-electron chi connectivity index (χ1n) is 10.0. The molecule has 0 atom stereocenters. The fourth-order valence-electron chi connectivity index (χ4n) is 3.40. The second kappa shape index (κ2) is 11.7. The van der Waals surface area contributed by atoms with Gasteiger partial charge in [0.15, 0.2) is 0 Å². The van der Waals surface area contributed by atoms with Crippen molar-refractivity contribution in [3.63, 3.8) is 0 Å². The van der Waals surface area contributed by atoms with E-state index in [4.69, 9.17) is 0 Å². The number of aromatic nitrogens is 2. The van der Waals surface area contributed by atoms with Crippen LogP contribution in [0.25, 0.3) is 6.08 Å². The summed E-state index contributed by atoms with van der Waals surface area (Å²) in [6.45, 7) is 6.43. The minimum atomic E-state index is 0. The van der Waals surface area contributed by atoms with Gasteiger partial charge >= 0.3 is 0 Å². The number of benzene rings is 1. The summed E-state index contributed by atoms with van der Waals surface area (Å²) in [5, 5.41) is 8.09. The third kappa shape index (κ3) is 6.50. The van der Waals surface area contributed by atoms with Crippen LogP contribution in [0, 0.1) is 0 Å². The number of hydrogen-bond acceptors (Lipinski definition) is 3. The average molecular weight is 403 g/mol. The van der Waals surface area contributed by atoms with Crippen molar-refractivity contribution in [3.8, 4) is 0 Å². The minimum Gasteiger partial charge on any atom is -0.339 e. The van der Waals surface area contributed by atoms with Crippen LogP contribution < -0.4 is 5.32 Å². The molecule has 0 spiro atoms. The maximum absolute atomic E-state index is 12.7. The zero-order chi connectivity index (χ0) is 18.9. The Hall–Kier alpha value is -2.11. The fourth-order valence-corrected chi connectivity index (χ4v) is 3.40. The minimum absolute atomic E-state index is 0. The maximum Gasteiger partial charge on any atom is 0.223 e. The standard InChI is InChI=1S/C22H30N4O.ClH/c1-2-14-25(15-6-10-19-8-4-3-5-9-19)22(27)12-11-20-17-21-18-23-13-7-16-26(21)24-20;/h3-6,8-10,17,23H,2,7,11-16,18H2,1H3;1H. The number of amides is 1. The van der Waals surface area contributed by atoms with Crippen LogP contribution in [-0.4, -0.2) is 40.2 Å². The van der Waals surface area contributed by atoms with Crippen molar-refractivity contribution in [1.82, 2.24) is 20.0 Å². The van der Waals surface area contributed by atoms with Gasteiger partial charge in [0, 0.05) is 39.0 Å². The van der Waals surface area contributed by atoms with Gasteiger partial charge in [-0.25, -0.2) is 0 Å². The summed E-state index contributed by atoms with van der Waals surface area (Å²) in [4.78, 5) is 14.6. The number of hydrogen-bond donors (Lipinski definition) is 1. The number of nitrogens with zero attached hydrogens (tertiary/aromatic N) is 3. The van der Waals surface area contributed by atoms with E-state index in [2.05, 4.69) is 52.4 Å². The van der Waals surface area contributed by atoms with Gasteiger partial charge in [-0.3, -0.25) is 9.48 Å². The maximum atomic E-state index is 12.7. The first-order valence-corrected chi connectivity index (χ1v) is 10.0. The zero-order valence-electron chi connectivity index (χ0n) is 16.6. The fraction of sp³-hybridized carbons (Fsp3) is 0.455. The van der Waals surface area contributed by atoms with Gasteiger partial charge in [0.2, 0.25) is 5.91 Å². The molecule has 0 unspecified atom stereocenters. The molecule has 1 aromatic heterocycles. The van der Waals surface area contributed by atoms with Crippen LogP contribution in [-0.2, 0) is 24.3 Å². The molecule has 2 heterocycles. The van der Waals surface area contributed by atoms with Crippen LogP contribution in [0.4, 0.5) is 0 Å². The van der Waals surface area contributed by atoms with Crippen molar-refractivity contribution < 1.29 is 4.79 Å². The van der Waals surface area contributed by atoms with Crippen LogP contribution in [0.5, 0.6) is 0 Å². The Balaban J connectivity index is 0.00000280. The number of carbonyl (C=O) groups is 1. The van der Waals surface area contributed by atoms with E-state index in [0.29, 0.717) is 19.4 Å². The number of carbonyl (C=O) groups excluding carboxylic acids is 1. The van der Waals surface area contributed by atoms with Gasteiger partial charge in [-0.2, -0.15) is 5.10 Å². The van der Waals surface area contributed by atoms with Crippen LogP contribution in [0.1, 0.15) is 43.1 Å². The van der Waals surface area contributed by atoms with E-state index < -0.39 is 0 Å². The number of nitrogens with one attached hydrogen (secondary N) is 1. The van der Waals surface area contributed by atoms with Gasteiger partial charge < -0.3 is 10.2 Å². The summed E-state index contributed by atoms with van der Waals surface area (Å²) in [6.07, 6.45) is 7.45. The molecule has 5 nitrogen and oxygen atoms in total. The SMILES string of the molecule is CCCN(CC=Cc1ccccc1)C(=O)CCc1cc2n(n1)CCCNC2.Cl. The largest absolute Gasteiger partial charge is 0.339 e. The summed E-state index contributed by atoms with van der Waals surface area (Å²) in [5.74, 6) is 0.205. The van der Waals surface area contributed by atoms with Gasteiger partial charge in [0.05, 0.1) is 11.4 Å². The Labute approximate surface area is 174 Å². The molecule has 6 heteroatoms. The summed E-state index contributed by atoms with van der Waals surface area (Å²) in [5.41, 5.74) is 3.42. The molecule has 1 aliphatic heterocycles. The van der Waals surface area contributed by atoms with Crippen molar-refractivity contribution in [2.24, 2.45) is 0 Å². The Kier molecular flexibility index (Phi) is 9.24. The van der Waals surface area contributed by atoms with Crippen LogP contribution in [0.15, 0.2) is 42.5 Å². The molecule has 1 amide bonds. The quantitative estimate of drug-likeness (QED) is 0.732. The Bertz CT molecular complexity index is 734. The van der Waals surface area contributed by atoms with E-state index in [0.717, 1.165) is 50.3 Å². The molecule has 0 saturated carbocycles. The van der Waals surface area contributed by atoms with E-state index in [9.17, 15) is 4.79 Å². The predicted molar refractivity (Wildman–Crippen MR) is 116 cm³/mol. The Morgan fingerprint density at radius 3 is 2.93 bits per heavy atom. The third-order valence-corrected chi connectivity index (χ3v) is 4.82. The Morgan fingerprint density at radius 2 is 2.14 bits per heavy atom. The highest BCUT2D eigenvalue weighted by Crippen LogP contribution is 2.11. The molecule has 0 saturated heterocycles. The lowest BCUT2D eigenvalue weighted by Crippen LogP contribution is -2.32. The van der Waals surface area contributed by atoms with Gasteiger partial charge in [-0.05, 0) is 31.0 Å². The number of halogens is 1. The number of fused-ring (bicyclic) bond motifs is 1. The molecule has 0 bridgehead atoms. The smallest absolute Gasteiger partial charge is 0.223 e. The highest BCUT2D eigenvalue weighted by molar-refractivity contribution is 5.85. The van der Waals surface area contributed by atoms with Crippen LogP contribution in [0.3, 0.4) is 0 Å². The van der Waals surface area contributed by atoms with Crippen molar-refractivity contribution in [3.05, 3.63) is 59.4 Å². The predicted octanol–water partition coefficient (Wildman–Crippen LogP) is 3.68. The highest BCUT2D eigenvalue weighted by atomic mass is 35.5. The molecule has 1 aliphatic rings. The van der Waals surface area contributed by atoms with Gasteiger partial charge in [0.25, 0.3) is 0 Å². The first-order chi connectivity index (χ1) is 13.3. The monoisotopic (exact) mass is 402 g/mol. The van der Waals surface area contributed by atoms with Gasteiger partial charge in [0.1, 0.15) is 0 Å². The van der Waals surface area contributed by atoms with Gasteiger partial charge in [-0.15, -0.1) is 12.4 Å². The molecule has 2 aromatic rings. The van der Waals surface area contributed by atoms with Crippen molar-refractivity contribution >= 4 is 24.4 Å². The topological polar surface area (TPSA) is 50.2 Å². The third-order valence-electron chi connectivity index (χ3n) is 4.82. The van der Waals surface area contributed by atoms with E-state index >= 15 is 0 Å². The second-order valence-electron chi connectivity index (χ2n) is 7.03. The van der Waals surface area contributed by atoms with Crippen molar-refractivity contribution in [1.29, 1.82) is 0 Å². The molecule has 152 valence electrons. The summed E-state index contributed by atoms with van der Waals surface area (Å²) < 4.78 is 2.09. The molecule has 1 N–H and O–H groups in total. The van der Waals surface area contributed by atoms with Crippen LogP contribution in [0.2, 0.25) is 0 Å². The number of aryl methyl sites for hydroxylation is 2. The first kappa shape index (κ1) is 22.2. The molecular formula is C22H31ClN4O. The lowest BCUT2D eigenvalue weighted by atomic mass is 10.2. The highest BCUT2D eigenvalue weighted by Gasteiger charge is 2.14. The Morgan fingerprint density at radius 1 is 1.32 bits per heavy atom. The summed E-state index contributed by atoms with van der Waals surface area (Å²) in [6, 6.07) is 12.3. The average Bonchev–Trinajstić information content (AvgIpc) is 2.95. The summed E-state index contributed by atoms with van der Waals surface area (Å²) >= 11 is 0. The van der Waals surface area contributed by atoms with E-state index in [1.165, 1.54) is 5.69 Å². The van der Waals surface area contributed by atoms with E-state index in [-0.39, 0.29) is 18.3 Å². The second-order valence-corrected chi connectivity index (χ2v) is 7.03. The van der Waals surface area contributed by atoms with Crippen molar-refractivity contribution in [2.75, 3.05) is 19.6 Å². The lowest BCUT2D eigenvalue weighted by molar-refractivity contribution is -0.130. The van der Waals surface area contributed by atoms with E-state index in [1.807, 2.05) is 23.1 Å². The summed E-state index contributed by atoms with van der Waals surface area (Å²) in [7, 11) is 0. The van der Waals surface area contributed by atoms with E-state index in [1.54, 1.807) is 0 Å². The zero-order valence-corrected chi connectivity index (χ0v) is 17.5.